The number of rotatable bonds is 2. The lowest BCUT2D eigenvalue weighted by Gasteiger charge is -2.39. The van der Waals surface area contributed by atoms with E-state index in [0.29, 0.717) is 18.0 Å². The van der Waals surface area contributed by atoms with E-state index < -0.39 is 0 Å². The summed E-state index contributed by atoms with van der Waals surface area (Å²) < 4.78 is 0. The van der Waals surface area contributed by atoms with Gasteiger partial charge in [0, 0.05) is 25.7 Å². The van der Waals surface area contributed by atoms with Crippen molar-refractivity contribution < 1.29 is 4.79 Å². The Morgan fingerprint density at radius 2 is 2.25 bits per heavy atom. The predicted octanol–water partition coefficient (Wildman–Crippen LogP) is 0.324. The molecule has 1 saturated carbocycles. The molecule has 0 aromatic carbocycles. The minimum atomic E-state index is -0.183. The Morgan fingerprint density at radius 3 is 2.81 bits per heavy atom. The largest absolute Gasteiger partial charge is 0.368 e. The fourth-order valence-electron chi connectivity index (χ4n) is 3.10. The normalized spacial score (nSPS) is 35.1. The smallest absolute Gasteiger partial charge is 0.236 e. The highest BCUT2D eigenvalue weighted by Gasteiger charge is 2.39. The molecule has 0 radical (unpaired) electrons. The monoisotopic (exact) mass is 225 g/mol. The number of nitrogens with two attached hydrogens (primary N) is 1. The number of nitrogens with one attached hydrogen (secondary N) is 1. The number of hydrogen-bond acceptors (Lipinski definition) is 3. The van der Waals surface area contributed by atoms with E-state index in [4.69, 9.17) is 5.73 Å². The second-order valence-electron chi connectivity index (χ2n) is 5.92. The van der Waals surface area contributed by atoms with Crippen LogP contribution in [0.1, 0.15) is 33.1 Å². The molecule has 0 aromatic heterocycles. The number of amides is 1. The quantitative estimate of drug-likeness (QED) is 0.712. The first-order valence-corrected chi connectivity index (χ1v) is 6.25. The van der Waals surface area contributed by atoms with Gasteiger partial charge in [-0.1, -0.05) is 13.8 Å². The highest BCUT2D eigenvalue weighted by Crippen LogP contribution is 2.40. The zero-order chi connectivity index (χ0) is 11.8. The lowest BCUT2D eigenvalue weighted by atomic mass is 9.91. The molecule has 2 atom stereocenters. The fourth-order valence-corrected chi connectivity index (χ4v) is 3.10. The molecule has 0 spiro atoms. The molecule has 1 heterocycles. The molecule has 1 aliphatic carbocycles. The Bertz CT molecular complexity index is 277. The summed E-state index contributed by atoms with van der Waals surface area (Å²) in [5.74, 6) is -0.183. The number of hydrogen-bond donors (Lipinski definition) is 2. The SMILES string of the molecule is CC1(C)CCC(N2CCNCC2C(N)=O)C1. The standard InChI is InChI=1S/C12H23N3O/c1-12(2)4-3-9(7-12)15-6-5-14-8-10(15)11(13)16/h9-10,14H,3-8H2,1-2H3,(H2,13,16). The summed E-state index contributed by atoms with van der Waals surface area (Å²) in [6.45, 7) is 7.27. The van der Waals surface area contributed by atoms with Crippen LogP contribution in [0, 0.1) is 5.41 Å². The zero-order valence-corrected chi connectivity index (χ0v) is 10.3. The van der Waals surface area contributed by atoms with Gasteiger partial charge >= 0.3 is 0 Å². The van der Waals surface area contributed by atoms with Crippen molar-refractivity contribution in [2.45, 2.75) is 45.2 Å². The molecule has 0 bridgehead atoms. The average molecular weight is 225 g/mol. The van der Waals surface area contributed by atoms with Gasteiger partial charge < -0.3 is 11.1 Å². The molecule has 1 saturated heterocycles. The van der Waals surface area contributed by atoms with E-state index in [0.717, 1.165) is 13.1 Å². The first kappa shape index (κ1) is 11.9. The fraction of sp³-hybridized carbons (Fsp3) is 0.917. The second-order valence-corrected chi connectivity index (χ2v) is 5.92. The van der Waals surface area contributed by atoms with Gasteiger partial charge in [0.1, 0.15) is 6.04 Å². The number of carbonyl (C=O) groups excluding carboxylic acids is 1. The molecule has 3 N–H and O–H groups in total. The third-order valence-electron chi connectivity index (χ3n) is 4.02. The van der Waals surface area contributed by atoms with Crippen molar-refractivity contribution in [3.63, 3.8) is 0 Å². The number of carbonyl (C=O) groups is 1. The predicted molar refractivity (Wildman–Crippen MR) is 64.0 cm³/mol. The minimum absolute atomic E-state index is 0.104. The molecule has 92 valence electrons. The molecule has 2 unspecified atom stereocenters. The van der Waals surface area contributed by atoms with Gasteiger partial charge in [0.05, 0.1) is 0 Å². The topological polar surface area (TPSA) is 58.4 Å². The Kier molecular flexibility index (Phi) is 3.22. The summed E-state index contributed by atoms with van der Waals surface area (Å²) in [5, 5.41) is 3.25. The van der Waals surface area contributed by atoms with Crippen molar-refractivity contribution in [2.75, 3.05) is 19.6 Å². The van der Waals surface area contributed by atoms with Crippen LogP contribution in [0.3, 0.4) is 0 Å². The molecular formula is C12H23N3O. The van der Waals surface area contributed by atoms with Crippen LogP contribution in [0.25, 0.3) is 0 Å². The third kappa shape index (κ3) is 2.38. The van der Waals surface area contributed by atoms with E-state index in [-0.39, 0.29) is 11.9 Å². The highest BCUT2D eigenvalue weighted by atomic mass is 16.1. The lowest BCUT2D eigenvalue weighted by Crippen LogP contribution is -2.59. The summed E-state index contributed by atoms with van der Waals surface area (Å²) in [7, 11) is 0. The summed E-state index contributed by atoms with van der Waals surface area (Å²) in [6.07, 6.45) is 3.65. The van der Waals surface area contributed by atoms with Crippen LogP contribution in [-0.4, -0.2) is 42.5 Å². The Morgan fingerprint density at radius 1 is 1.50 bits per heavy atom. The van der Waals surface area contributed by atoms with Gasteiger partial charge in [-0.3, -0.25) is 9.69 Å². The molecule has 2 fully saturated rings. The van der Waals surface area contributed by atoms with Crippen molar-refractivity contribution >= 4 is 5.91 Å². The zero-order valence-electron chi connectivity index (χ0n) is 10.3. The molecule has 0 aromatic rings. The Balaban J connectivity index is 2.04. The van der Waals surface area contributed by atoms with E-state index in [1.165, 1.54) is 19.3 Å². The van der Waals surface area contributed by atoms with Crippen molar-refractivity contribution in [1.82, 2.24) is 10.2 Å². The van der Waals surface area contributed by atoms with Crippen LogP contribution in [0.5, 0.6) is 0 Å². The molecule has 2 aliphatic rings. The van der Waals surface area contributed by atoms with Gasteiger partial charge in [-0.05, 0) is 24.7 Å². The van der Waals surface area contributed by atoms with Crippen LogP contribution in [-0.2, 0) is 4.79 Å². The van der Waals surface area contributed by atoms with Crippen molar-refractivity contribution in [3.05, 3.63) is 0 Å². The minimum Gasteiger partial charge on any atom is -0.368 e. The molecule has 2 rings (SSSR count). The first-order valence-electron chi connectivity index (χ1n) is 6.25. The third-order valence-corrected chi connectivity index (χ3v) is 4.02. The summed E-state index contributed by atoms with van der Waals surface area (Å²) in [5.41, 5.74) is 5.90. The Labute approximate surface area is 97.6 Å². The maximum absolute atomic E-state index is 11.4. The van der Waals surface area contributed by atoms with Crippen LogP contribution < -0.4 is 11.1 Å². The van der Waals surface area contributed by atoms with Gasteiger partial charge in [0.15, 0.2) is 0 Å². The van der Waals surface area contributed by atoms with Gasteiger partial charge in [-0.2, -0.15) is 0 Å². The number of primary amides is 1. The Hall–Kier alpha value is -0.610. The van der Waals surface area contributed by atoms with Crippen LogP contribution in [0.15, 0.2) is 0 Å². The van der Waals surface area contributed by atoms with Crippen LogP contribution in [0.2, 0.25) is 0 Å². The summed E-state index contributed by atoms with van der Waals surface area (Å²) in [4.78, 5) is 13.8. The molecule has 4 heteroatoms. The maximum atomic E-state index is 11.4. The van der Waals surface area contributed by atoms with Gasteiger partial charge in [-0.15, -0.1) is 0 Å². The number of piperazine rings is 1. The van der Waals surface area contributed by atoms with Gasteiger partial charge in [0.2, 0.25) is 5.91 Å². The van der Waals surface area contributed by atoms with Crippen molar-refractivity contribution in [1.29, 1.82) is 0 Å². The van der Waals surface area contributed by atoms with E-state index in [1.54, 1.807) is 0 Å². The van der Waals surface area contributed by atoms with E-state index in [1.807, 2.05) is 0 Å². The lowest BCUT2D eigenvalue weighted by molar-refractivity contribution is -0.124. The second kappa shape index (κ2) is 4.34. The van der Waals surface area contributed by atoms with Crippen LogP contribution >= 0.6 is 0 Å². The van der Waals surface area contributed by atoms with Gasteiger partial charge in [0.25, 0.3) is 0 Å². The number of nitrogens with zero attached hydrogens (tertiary/aromatic N) is 1. The van der Waals surface area contributed by atoms with Gasteiger partial charge in [-0.25, -0.2) is 0 Å². The first-order chi connectivity index (χ1) is 7.49. The molecule has 1 aliphatic heterocycles. The summed E-state index contributed by atoms with van der Waals surface area (Å²) >= 11 is 0. The van der Waals surface area contributed by atoms with Crippen molar-refractivity contribution in [2.24, 2.45) is 11.1 Å². The molecule has 4 nitrogen and oxygen atoms in total. The molecule has 1 amide bonds. The summed E-state index contributed by atoms with van der Waals surface area (Å²) in [6, 6.07) is 0.447. The van der Waals surface area contributed by atoms with Crippen LogP contribution in [0.4, 0.5) is 0 Å². The average Bonchev–Trinajstić information content (AvgIpc) is 2.59. The molecule has 16 heavy (non-hydrogen) atoms. The van der Waals surface area contributed by atoms with E-state index >= 15 is 0 Å². The van der Waals surface area contributed by atoms with Crippen molar-refractivity contribution in [3.8, 4) is 0 Å². The van der Waals surface area contributed by atoms with E-state index in [2.05, 4.69) is 24.1 Å². The van der Waals surface area contributed by atoms with E-state index in [9.17, 15) is 4.79 Å². The highest BCUT2D eigenvalue weighted by molar-refractivity contribution is 5.80. The molecular weight excluding hydrogens is 202 g/mol. The maximum Gasteiger partial charge on any atom is 0.236 e.